The third-order valence-electron chi connectivity index (χ3n) is 8.22. The third-order valence-corrected chi connectivity index (χ3v) is 8.22. The number of carboxylic acids is 1. The molecule has 1 unspecified atom stereocenters. The molecule has 2 aromatic rings. The third kappa shape index (κ3) is 6.97. The Morgan fingerprint density at radius 1 is 1.17 bits per heavy atom. The van der Waals surface area contributed by atoms with Crippen molar-refractivity contribution in [3.63, 3.8) is 0 Å². The molecule has 2 fully saturated rings. The normalized spacial score (nSPS) is 20.7. The lowest BCUT2D eigenvalue weighted by atomic mass is 10.1. The first-order valence-electron chi connectivity index (χ1n) is 15.4. The van der Waals surface area contributed by atoms with Crippen LogP contribution < -0.4 is 19.7 Å². The van der Waals surface area contributed by atoms with E-state index < -0.39 is 30.6 Å². The van der Waals surface area contributed by atoms with Crippen LogP contribution in [0.15, 0.2) is 37.1 Å². The van der Waals surface area contributed by atoms with Gasteiger partial charge in [-0.05, 0) is 50.7 Å². The van der Waals surface area contributed by atoms with Crippen LogP contribution in [-0.2, 0) is 26.1 Å². The summed E-state index contributed by atoms with van der Waals surface area (Å²) in [6.07, 6.45) is 5.08. The minimum Gasteiger partial charge on any atom is -0.493 e. The molecule has 1 aromatic heterocycles. The van der Waals surface area contributed by atoms with E-state index in [0.29, 0.717) is 26.0 Å². The van der Waals surface area contributed by atoms with E-state index in [4.69, 9.17) is 23.7 Å². The van der Waals surface area contributed by atoms with E-state index in [0.717, 1.165) is 19.3 Å². The summed E-state index contributed by atoms with van der Waals surface area (Å²) in [5, 5.41) is 12.0. The van der Waals surface area contributed by atoms with Gasteiger partial charge in [-0.25, -0.2) is 14.5 Å². The number of rotatable bonds is 12. The van der Waals surface area contributed by atoms with Gasteiger partial charge in [-0.1, -0.05) is 12.7 Å². The first kappa shape index (κ1) is 32.8. The number of nitrogens with one attached hydrogen (secondary N) is 1. The average Bonchev–Trinajstić information content (AvgIpc) is 3.66. The second-order valence-corrected chi connectivity index (χ2v) is 11.3. The van der Waals surface area contributed by atoms with Crippen LogP contribution in [0.5, 0.6) is 11.5 Å². The summed E-state index contributed by atoms with van der Waals surface area (Å²) < 4.78 is 30.9. The van der Waals surface area contributed by atoms with Gasteiger partial charge in [0.25, 0.3) is 5.91 Å². The van der Waals surface area contributed by atoms with Crippen molar-refractivity contribution in [2.75, 3.05) is 43.7 Å². The molecule has 3 amide bonds. The molecule has 5 rings (SSSR count). The molecule has 4 heterocycles. The number of aromatic carboxylic acids is 1. The van der Waals surface area contributed by atoms with Gasteiger partial charge < -0.3 is 43.6 Å². The Balaban J connectivity index is 1.39. The van der Waals surface area contributed by atoms with E-state index in [1.807, 2.05) is 0 Å². The molecule has 248 valence electrons. The number of carbonyl (C=O) groups excluding carboxylic acids is 3. The fraction of sp³-hybridized carbons (Fsp3) is 0.500. The van der Waals surface area contributed by atoms with Crippen molar-refractivity contribution in [2.45, 2.75) is 63.5 Å². The maximum Gasteiger partial charge on any atom is 0.416 e. The quantitative estimate of drug-likeness (QED) is 0.255. The number of nitrogens with zero attached hydrogens (tertiary/aromatic N) is 3. The van der Waals surface area contributed by atoms with Gasteiger partial charge in [0.2, 0.25) is 5.91 Å². The van der Waals surface area contributed by atoms with Crippen molar-refractivity contribution in [1.82, 2.24) is 9.47 Å². The Morgan fingerprint density at radius 3 is 2.72 bits per heavy atom. The number of methoxy groups -OCH3 is 1. The Bertz CT molecular complexity index is 1470. The van der Waals surface area contributed by atoms with E-state index in [1.54, 1.807) is 30.3 Å². The fourth-order valence-electron chi connectivity index (χ4n) is 6.05. The molecule has 14 heteroatoms. The molecule has 2 saturated heterocycles. The SMILES string of the molecule is C=CCOC(=O)N1c2cc(OCCCC(=O)Nc3ccn(C)c3C(=O)O)c(OC)cc2C(=O)N2CCC[C@H]2[C@@H]1OC1CCCCO1. The largest absolute Gasteiger partial charge is 0.493 e. The lowest BCUT2D eigenvalue weighted by Crippen LogP contribution is -2.54. The molecule has 1 aromatic carbocycles. The molecule has 3 atom stereocenters. The van der Waals surface area contributed by atoms with Crippen LogP contribution in [0.3, 0.4) is 0 Å². The van der Waals surface area contributed by atoms with Gasteiger partial charge in [0.05, 0.1) is 36.7 Å². The number of carboxylic acid groups (broad SMARTS) is 1. The number of ether oxygens (including phenoxy) is 5. The smallest absolute Gasteiger partial charge is 0.416 e. The summed E-state index contributed by atoms with van der Waals surface area (Å²) in [6, 6.07) is 4.20. The van der Waals surface area contributed by atoms with Gasteiger partial charge in [0.15, 0.2) is 29.7 Å². The lowest BCUT2D eigenvalue weighted by molar-refractivity contribution is -0.195. The number of aryl methyl sites for hydroxylation is 1. The first-order valence-corrected chi connectivity index (χ1v) is 15.4. The van der Waals surface area contributed by atoms with Crippen LogP contribution >= 0.6 is 0 Å². The molecule has 0 aliphatic carbocycles. The van der Waals surface area contributed by atoms with Gasteiger partial charge in [0.1, 0.15) is 6.61 Å². The van der Waals surface area contributed by atoms with E-state index in [2.05, 4.69) is 11.9 Å². The predicted molar refractivity (Wildman–Crippen MR) is 165 cm³/mol. The van der Waals surface area contributed by atoms with Crippen molar-refractivity contribution in [2.24, 2.45) is 7.05 Å². The minimum absolute atomic E-state index is 0.0252. The van der Waals surface area contributed by atoms with Crippen LogP contribution in [0.2, 0.25) is 0 Å². The molecular weight excluding hydrogens is 600 g/mol. The van der Waals surface area contributed by atoms with Crippen molar-refractivity contribution in [3.8, 4) is 11.5 Å². The number of amides is 3. The molecule has 0 saturated carbocycles. The van der Waals surface area contributed by atoms with Crippen LogP contribution in [0, 0.1) is 0 Å². The highest BCUT2D eigenvalue weighted by Gasteiger charge is 2.47. The highest BCUT2D eigenvalue weighted by Crippen LogP contribution is 2.42. The predicted octanol–water partition coefficient (Wildman–Crippen LogP) is 4.15. The topological polar surface area (TPSA) is 158 Å². The second kappa shape index (κ2) is 14.7. The van der Waals surface area contributed by atoms with Gasteiger partial charge in [-0.3, -0.25) is 9.59 Å². The Labute approximate surface area is 266 Å². The number of anilines is 2. The molecule has 2 N–H and O–H groups in total. The van der Waals surface area contributed by atoms with Crippen LogP contribution in [0.1, 0.15) is 65.8 Å². The minimum atomic E-state index is -1.15. The van der Waals surface area contributed by atoms with Gasteiger partial charge in [0, 0.05) is 38.9 Å². The Morgan fingerprint density at radius 2 is 2.00 bits per heavy atom. The van der Waals surface area contributed by atoms with Crippen LogP contribution in [-0.4, -0.2) is 90.5 Å². The zero-order valence-corrected chi connectivity index (χ0v) is 26.1. The van der Waals surface area contributed by atoms with Crippen molar-refractivity contribution in [1.29, 1.82) is 0 Å². The summed E-state index contributed by atoms with van der Waals surface area (Å²) >= 11 is 0. The maximum atomic E-state index is 13.9. The highest BCUT2D eigenvalue weighted by atomic mass is 16.7. The summed E-state index contributed by atoms with van der Waals surface area (Å²) in [5.41, 5.74) is 0.659. The van der Waals surface area contributed by atoms with E-state index in [9.17, 15) is 24.3 Å². The number of hydrogen-bond donors (Lipinski definition) is 2. The summed E-state index contributed by atoms with van der Waals surface area (Å²) in [7, 11) is 3.03. The lowest BCUT2D eigenvalue weighted by Gasteiger charge is -2.38. The molecule has 14 nitrogen and oxygen atoms in total. The maximum absolute atomic E-state index is 13.9. The molecular formula is C32H40N4O10. The molecule has 0 radical (unpaired) electrons. The summed E-state index contributed by atoms with van der Waals surface area (Å²) in [4.78, 5) is 54.8. The molecule has 3 aliphatic rings. The van der Waals surface area contributed by atoms with Crippen molar-refractivity contribution in [3.05, 3.63) is 48.3 Å². The van der Waals surface area contributed by atoms with Crippen molar-refractivity contribution >= 4 is 35.3 Å². The van der Waals surface area contributed by atoms with E-state index in [1.165, 1.54) is 28.7 Å². The zero-order valence-electron chi connectivity index (χ0n) is 26.1. The standard InChI is InChI=1S/C32H40N4O10/c1-4-15-45-32(41)36-23-19-25(43-17-8-10-26(37)33-21-12-14-34(2)28(21)31(39)40)24(42-3)18-20(23)29(38)35-13-7-9-22(35)30(36)46-27-11-5-6-16-44-27/h4,12,14,18-19,22,27,30H,1,5-11,13,15-17H2,2-3H3,(H,33,37)(H,39,40)/t22-,27?,30-/m0/s1. The van der Waals surface area contributed by atoms with Gasteiger partial charge in [-0.15, -0.1) is 0 Å². The van der Waals surface area contributed by atoms with E-state index in [-0.39, 0.29) is 72.0 Å². The number of hydrogen-bond acceptors (Lipinski definition) is 9. The number of benzene rings is 1. The summed E-state index contributed by atoms with van der Waals surface area (Å²) in [5.74, 6) is -1.27. The zero-order chi connectivity index (χ0) is 32.8. The fourth-order valence-corrected chi connectivity index (χ4v) is 6.05. The van der Waals surface area contributed by atoms with Crippen LogP contribution in [0.4, 0.5) is 16.2 Å². The Kier molecular flexibility index (Phi) is 10.5. The number of fused-ring (bicyclic) bond motifs is 2. The molecule has 0 spiro atoms. The van der Waals surface area contributed by atoms with Crippen LogP contribution in [0.25, 0.3) is 0 Å². The number of aromatic nitrogens is 1. The van der Waals surface area contributed by atoms with E-state index >= 15 is 0 Å². The van der Waals surface area contributed by atoms with Gasteiger partial charge in [-0.2, -0.15) is 0 Å². The number of carbonyl (C=O) groups is 4. The Hall–Kier alpha value is -4.56. The van der Waals surface area contributed by atoms with Gasteiger partial charge >= 0.3 is 12.1 Å². The average molecular weight is 641 g/mol. The van der Waals surface area contributed by atoms with Crippen molar-refractivity contribution < 1.29 is 48.0 Å². The molecule has 3 aliphatic heterocycles. The second-order valence-electron chi connectivity index (χ2n) is 11.3. The molecule has 0 bridgehead atoms. The molecule has 46 heavy (non-hydrogen) atoms. The highest BCUT2D eigenvalue weighted by molar-refractivity contribution is 6.06. The first-order chi connectivity index (χ1) is 22.2. The summed E-state index contributed by atoms with van der Waals surface area (Å²) in [6.45, 7) is 4.73. The monoisotopic (exact) mass is 640 g/mol.